The van der Waals surface area contributed by atoms with Gasteiger partial charge in [-0.2, -0.15) is 0 Å². The molecule has 0 heterocycles. The van der Waals surface area contributed by atoms with Gasteiger partial charge in [-0.3, -0.25) is 4.79 Å². The number of carboxylic acids is 1. The van der Waals surface area contributed by atoms with Gasteiger partial charge in [-0.25, -0.2) is 4.79 Å². The monoisotopic (exact) mass is 376 g/mol. The lowest BCUT2D eigenvalue weighted by Gasteiger charge is -2.34. The summed E-state index contributed by atoms with van der Waals surface area (Å²) in [6, 6.07) is 6.91. The Morgan fingerprint density at radius 3 is 2.47 bits per heavy atom. The Labute approximate surface area is 126 Å². The lowest BCUT2D eigenvalue weighted by atomic mass is 10.1. The number of hydrogen-bond acceptors (Lipinski definition) is 2. The van der Waals surface area contributed by atoms with Crippen molar-refractivity contribution in [3.63, 3.8) is 0 Å². The maximum atomic E-state index is 12.2. The van der Waals surface area contributed by atoms with Gasteiger partial charge in [-0.05, 0) is 61.6 Å². The molecule has 0 bridgehead atoms. The molecule has 6 heteroatoms. The van der Waals surface area contributed by atoms with Gasteiger partial charge >= 0.3 is 12.0 Å². The minimum absolute atomic E-state index is 0.334. The first-order chi connectivity index (χ1) is 8.70. The van der Waals surface area contributed by atoms with E-state index in [-0.39, 0.29) is 6.54 Å². The van der Waals surface area contributed by atoms with Gasteiger partial charge in [-0.15, -0.1) is 0 Å². The van der Waals surface area contributed by atoms with E-state index in [1.165, 1.54) is 4.90 Å². The molecule has 0 radical (unpaired) electrons. The van der Waals surface area contributed by atoms with Gasteiger partial charge in [0.15, 0.2) is 0 Å². The first-order valence-corrected chi connectivity index (χ1v) is 6.84. The van der Waals surface area contributed by atoms with Crippen LogP contribution in [0, 0.1) is 3.57 Å². The van der Waals surface area contributed by atoms with Gasteiger partial charge in [0.2, 0.25) is 0 Å². The molecule has 2 amide bonds. The molecular weight excluding hydrogens is 359 g/mol. The number of benzene rings is 1. The number of aliphatic carboxylic acids is 1. The van der Waals surface area contributed by atoms with Crippen molar-refractivity contribution in [2.45, 2.75) is 26.3 Å². The van der Waals surface area contributed by atoms with Crippen LogP contribution in [0.3, 0.4) is 0 Å². The third-order valence-electron chi connectivity index (χ3n) is 2.42. The largest absolute Gasteiger partial charge is 0.480 e. The lowest BCUT2D eigenvalue weighted by molar-refractivity contribution is -0.138. The Hall–Kier alpha value is -1.31. The first-order valence-electron chi connectivity index (χ1n) is 5.76. The van der Waals surface area contributed by atoms with Gasteiger partial charge in [0.25, 0.3) is 0 Å². The van der Waals surface area contributed by atoms with Crippen molar-refractivity contribution in [3.8, 4) is 0 Å². The van der Waals surface area contributed by atoms with E-state index in [9.17, 15) is 9.59 Å². The molecule has 0 atom stereocenters. The summed E-state index contributed by atoms with van der Waals surface area (Å²) in [5.74, 6) is -1.03. The Kier molecular flexibility index (Phi) is 5.16. The molecule has 0 aliphatic heterocycles. The van der Waals surface area contributed by atoms with E-state index < -0.39 is 17.5 Å². The highest BCUT2D eigenvalue weighted by Crippen LogP contribution is 2.17. The first kappa shape index (κ1) is 15.7. The molecule has 0 spiro atoms. The van der Waals surface area contributed by atoms with Crippen molar-refractivity contribution in [3.05, 3.63) is 27.8 Å². The maximum Gasteiger partial charge on any atom is 0.323 e. The molecule has 0 aliphatic carbocycles. The number of amides is 2. The van der Waals surface area contributed by atoms with Crippen LogP contribution in [0.4, 0.5) is 10.5 Å². The summed E-state index contributed by atoms with van der Waals surface area (Å²) in [6.45, 7) is 5.05. The smallest absolute Gasteiger partial charge is 0.323 e. The number of rotatable bonds is 3. The zero-order chi connectivity index (χ0) is 14.6. The number of carbonyl (C=O) groups is 2. The maximum absolute atomic E-state index is 12.2. The highest BCUT2D eigenvalue weighted by molar-refractivity contribution is 14.1. The van der Waals surface area contributed by atoms with Crippen LogP contribution in [0.1, 0.15) is 20.8 Å². The Balaban J connectivity index is 2.86. The van der Waals surface area contributed by atoms with Crippen LogP contribution in [-0.4, -0.2) is 34.1 Å². The van der Waals surface area contributed by atoms with Crippen LogP contribution in [0.15, 0.2) is 24.3 Å². The van der Waals surface area contributed by atoms with E-state index >= 15 is 0 Å². The minimum atomic E-state index is -1.03. The zero-order valence-corrected chi connectivity index (χ0v) is 13.3. The summed E-state index contributed by atoms with van der Waals surface area (Å²) in [5, 5.41) is 11.6. The Morgan fingerprint density at radius 1 is 1.37 bits per heavy atom. The van der Waals surface area contributed by atoms with Crippen molar-refractivity contribution < 1.29 is 14.7 Å². The molecule has 0 aliphatic rings. The van der Waals surface area contributed by atoms with Crippen LogP contribution < -0.4 is 5.32 Å². The van der Waals surface area contributed by atoms with Gasteiger partial charge in [0, 0.05) is 14.8 Å². The highest BCUT2D eigenvalue weighted by Gasteiger charge is 2.28. The number of carbonyl (C=O) groups excluding carboxylic acids is 1. The molecule has 2 N–H and O–H groups in total. The molecule has 0 aromatic heterocycles. The minimum Gasteiger partial charge on any atom is -0.480 e. The number of urea groups is 1. The number of hydrogen-bond donors (Lipinski definition) is 2. The van der Waals surface area contributed by atoms with Crippen molar-refractivity contribution in [1.82, 2.24) is 4.90 Å². The molecule has 1 aromatic carbocycles. The van der Waals surface area contributed by atoms with Crippen molar-refractivity contribution >= 4 is 40.3 Å². The molecule has 0 saturated carbocycles. The topological polar surface area (TPSA) is 69.6 Å². The van der Waals surface area contributed by atoms with E-state index in [4.69, 9.17) is 5.11 Å². The van der Waals surface area contributed by atoms with E-state index in [1.54, 1.807) is 26.8 Å². The Morgan fingerprint density at radius 2 is 2.00 bits per heavy atom. The molecule has 0 fully saturated rings. The molecule has 0 saturated heterocycles. The van der Waals surface area contributed by atoms with Crippen LogP contribution in [-0.2, 0) is 4.79 Å². The highest BCUT2D eigenvalue weighted by atomic mass is 127. The molecule has 104 valence electrons. The normalized spacial score (nSPS) is 10.9. The summed E-state index contributed by atoms with van der Waals surface area (Å²) < 4.78 is 0.996. The van der Waals surface area contributed by atoms with Gasteiger partial charge < -0.3 is 15.3 Å². The summed E-state index contributed by atoms with van der Waals surface area (Å²) in [6.07, 6.45) is 0. The number of nitrogens with one attached hydrogen (secondary N) is 1. The fourth-order valence-corrected chi connectivity index (χ4v) is 2.05. The second kappa shape index (κ2) is 6.23. The van der Waals surface area contributed by atoms with E-state index in [0.717, 1.165) is 3.57 Å². The number of carboxylic acid groups (broad SMARTS) is 1. The van der Waals surface area contributed by atoms with Gasteiger partial charge in [-0.1, -0.05) is 6.07 Å². The molecule has 1 aromatic rings. The van der Waals surface area contributed by atoms with Crippen molar-refractivity contribution in [1.29, 1.82) is 0 Å². The van der Waals surface area contributed by atoms with Gasteiger partial charge in [0.1, 0.15) is 6.54 Å². The molecule has 1 rings (SSSR count). The van der Waals surface area contributed by atoms with Gasteiger partial charge in [0.05, 0.1) is 0 Å². The van der Waals surface area contributed by atoms with Crippen LogP contribution in [0.5, 0.6) is 0 Å². The fraction of sp³-hybridized carbons (Fsp3) is 0.385. The third kappa shape index (κ3) is 5.06. The lowest BCUT2D eigenvalue weighted by Crippen LogP contribution is -2.50. The van der Waals surface area contributed by atoms with E-state index in [0.29, 0.717) is 5.69 Å². The summed E-state index contributed by atoms with van der Waals surface area (Å²) in [7, 11) is 0. The quantitative estimate of drug-likeness (QED) is 0.797. The fourth-order valence-electron chi connectivity index (χ4n) is 1.51. The van der Waals surface area contributed by atoms with Crippen LogP contribution in [0.2, 0.25) is 0 Å². The molecule has 19 heavy (non-hydrogen) atoms. The molecule has 0 unspecified atom stereocenters. The predicted octanol–water partition coefficient (Wildman–Crippen LogP) is 3.01. The standard InChI is InChI=1S/C13H17IN2O3/c1-13(2,3)16(8-11(17)18)12(19)15-10-6-4-5-9(14)7-10/h4-7H,8H2,1-3H3,(H,15,19)(H,17,18). The third-order valence-corrected chi connectivity index (χ3v) is 3.10. The van der Waals surface area contributed by atoms with Crippen molar-refractivity contribution in [2.24, 2.45) is 0 Å². The second-order valence-electron chi connectivity index (χ2n) is 5.09. The Bertz CT molecular complexity index is 483. The number of halogens is 1. The van der Waals surface area contributed by atoms with E-state index in [2.05, 4.69) is 27.9 Å². The van der Waals surface area contributed by atoms with Crippen molar-refractivity contribution in [2.75, 3.05) is 11.9 Å². The average Bonchev–Trinajstić information content (AvgIpc) is 2.24. The SMILES string of the molecule is CC(C)(C)N(CC(=O)O)C(=O)Nc1cccc(I)c1. The number of nitrogens with zero attached hydrogens (tertiary/aromatic N) is 1. The second-order valence-corrected chi connectivity index (χ2v) is 6.34. The summed E-state index contributed by atoms with van der Waals surface area (Å²) >= 11 is 2.15. The van der Waals surface area contributed by atoms with E-state index in [1.807, 2.05) is 18.2 Å². The predicted molar refractivity (Wildman–Crippen MR) is 82.3 cm³/mol. The zero-order valence-electron chi connectivity index (χ0n) is 11.1. The molecular formula is C13H17IN2O3. The summed E-state index contributed by atoms with van der Waals surface area (Å²) in [5.41, 5.74) is 0.0845. The number of anilines is 1. The average molecular weight is 376 g/mol. The van der Waals surface area contributed by atoms with Crippen LogP contribution in [0.25, 0.3) is 0 Å². The molecule has 5 nitrogen and oxygen atoms in total. The summed E-state index contributed by atoms with van der Waals surface area (Å²) in [4.78, 5) is 24.3. The van der Waals surface area contributed by atoms with Crippen LogP contribution >= 0.6 is 22.6 Å².